The maximum atomic E-state index is 13.3. The Labute approximate surface area is 190 Å². The predicted octanol–water partition coefficient (Wildman–Crippen LogP) is 3.08. The van der Waals surface area contributed by atoms with Crippen molar-refractivity contribution in [2.75, 3.05) is 44.2 Å². The molecule has 2 fully saturated rings. The summed E-state index contributed by atoms with van der Waals surface area (Å²) in [5.74, 6) is 0.0413. The average molecular weight is 470 g/mol. The van der Waals surface area contributed by atoms with Gasteiger partial charge in [0.15, 0.2) is 0 Å². The summed E-state index contributed by atoms with van der Waals surface area (Å²) in [7, 11) is 0. The summed E-state index contributed by atoms with van der Waals surface area (Å²) < 4.78 is 39.8. The smallest absolute Gasteiger partial charge is 0.390 e. The molecule has 0 spiro atoms. The summed E-state index contributed by atoms with van der Waals surface area (Å²) >= 11 is 5.95. The molecule has 0 amide bonds. The molecule has 2 saturated heterocycles. The number of aliphatic hydroxyl groups excluding tert-OH is 1. The summed E-state index contributed by atoms with van der Waals surface area (Å²) in [5.41, 5.74) is 0.604. The van der Waals surface area contributed by atoms with Crippen molar-refractivity contribution in [3.05, 3.63) is 52.3 Å². The lowest BCUT2D eigenvalue weighted by molar-refractivity contribution is -0.141. The second-order valence-electron chi connectivity index (χ2n) is 8.37. The number of rotatable bonds is 5. The summed E-state index contributed by atoms with van der Waals surface area (Å²) in [6.45, 7) is 6.50. The number of piperazine rings is 1. The van der Waals surface area contributed by atoms with Crippen molar-refractivity contribution in [1.29, 1.82) is 0 Å². The summed E-state index contributed by atoms with van der Waals surface area (Å²) in [4.78, 5) is 14.3. The van der Waals surface area contributed by atoms with Gasteiger partial charge in [-0.2, -0.15) is 13.2 Å². The highest BCUT2D eigenvalue weighted by Gasteiger charge is 2.39. The zero-order valence-electron chi connectivity index (χ0n) is 17.9. The molecule has 2 unspecified atom stereocenters. The Morgan fingerprint density at radius 1 is 1.06 bits per heavy atom. The molecule has 4 rings (SSSR count). The Balaban J connectivity index is 1.38. The summed E-state index contributed by atoms with van der Waals surface area (Å²) in [6.07, 6.45) is -4.81. The lowest BCUT2D eigenvalue weighted by Gasteiger charge is -2.38. The zero-order valence-corrected chi connectivity index (χ0v) is 18.6. The van der Waals surface area contributed by atoms with Crippen molar-refractivity contribution < 1.29 is 18.3 Å². The highest BCUT2D eigenvalue weighted by atomic mass is 35.5. The van der Waals surface area contributed by atoms with Crippen LogP contribution in [0.15, 0.2) is 30.3 Å². The van der Waals surface area contributed by atoms with Crippen molar-refractivity contribution >= 4 is 17.5 Å². The van der Waals surface area contributed by atoms with Crippen molar-refractivity contribution in [1.82, 2.24) is 19.8 Å². The van der Waals surface area contributed by atoms with Crippen LogP contribution in [0.4, 0.5) is 19.1 Å². The molecule has 10 heteroatoms. The van der Waals surface area contributed by atoms with Gasteiger partial charge in [0.05, 0.1) is 12.1 Å². The Morgan fingerprint density at radius 3 is 2.38 bits per heavy atom. The SMILES string of the molecule is CCc1cc(C(F)(F)F)nc(N2CC(O)C(N3CCN(Cc4ccc(Cl)cc4)CC3)C2)n1. The highest BCUT2D eigenvalue weighted by molar-refractivity contribution is 6.30. The second-order valence-corrected chi connectivity index (χ2v) is 8.81. The van der Waals surface area contributed by atoms with Crippen LogP contribution in [0.3, 0.4) is 0 Å². The van der Waals surface area contributed by atoms with E-state index < -0.39 is 18.0 Å². The van der Waals surface area contributed by atoms with Crippen molar-refractivity contribution in [3.63, 3.8) is 0 Å². The summed E-state index contributed by atoms with van der Waals surface area (Å²) in [6, 6.07) is 8.65. The topological polar surface area (TPSA) is 55.7 Å². The van der Waals surface area contributed by atoms with E-state index in [1.165, 1.54) is 5.56 Å². The van der Waals surface area contributed by atoms with E-state index in [-0.39, 0.29) is 18.5 Å². The number of aryl methyl sites for hydroxylation is 1. The first-order valence-electron chi connectivity index (χ1n) is 10.8. The van der Waals surface area contributed by atoms with Crippen LogP contribution in [-0.4, -0.2) is 76.3 Å². The molecule has 0 aliphatic carbocycles. The van der Waals surface area contributed by atoms with E-state index >= 15 is 0 Å². The van der Waals surface area contributed by atoms with Gasteiger partial charge in [0.2, 0.25) is 5.95 Å². The second kappa shape index (κ2) is 9.51. The molecule has 32 heavy (non-hydrogen) atoms. The number of anilines is 1. The van der Waals surface area contributed by atoms with E-state index in [9.17, 15) is 18.3 Å². The predicted molar refractivity (Wildman–Crippen MR) is 117 cm³/mol. The third kappa shape index (κ3) is 5.33. The Morgan fingerprint density at radius 2 is 1.75 bits per heavy atom. The molecule has 3 heterocycles. The first kappa shape index (κ1) is 23.2. The Bertz CT molecular complexity index is 919. The number of alkyl halides is 3. The zero-order chi connectivity index (χ0) is 22.9. The van der Waals surface area contributed by atoms with Gasteiger partial charge in [0, 0.05) is 56.5 Å². The maximum Gasteiger partial charge on any atom is 0.433 e. The molecule has 6 nitrogen and oxygen atoms in total. The van der Waals surface area contributed by atoms with Gasteiger partial charge in [-0.05, 0) is 30.2 Å². The van der Waals surface area contributed by atoms with Crippen LogP contribution in [0.25, 0.3) is 0 Å². The van der Waals surface area contributed by atoms with Crippen LogP contribution >= 0.6 is 11.6 Å². The van der Waals surface area contributed by atoms with Crippen LogP contribution in [0.5, 0.6) is 0 Å². The molecule has 0 saturated carbocycles. The van der Waals surface area contributed by atoms with Crippen molar-refractivity contribution in [2.24, 2.45) is 0 Å². The minimum atomic E-state index is -4.53. The van der Waals surface area contributed by atoms with E-state index in [1.807, 2.05) is 24.3 Å². The lowest BCUT2D eigenvalue weighted by Crippen LogP contribution is -2.53. The van der Waals surface area contributed by atoms with E-state index in [0.717, 1.165) is 38.8 Å². The largest absolute Gasteiger partial charge is 0.433 e. The molecule has 2 aliphatic rings. The molecular weight excluding hydrogens is 443 g/mol. The van der Waals surface area contributed by atoms with E-state index in [1.54, 1.807) is 11.8 Å². The third-order valence-corrected chi connectivity index (χ3v) is 6.41. The maximum absolute atomic E-state index is 13.3. The van der Waals surface area contributed by atoms with Gasteiger partial charge < -0.3 is 10.0 Å². The first-order valence-corrected chi connectivity index (χ1v) is 11.2. The number of aliphatic hydroxyl groups is 1. The van der Waals surface area contributed by atoms with Gasteiger partial charge in [0.1, 0.15) is 5.69 Å². The van der Waals surface area contributed by atoms with Crippen LogP contribution in [-0.2, 0) is 19.1 Å². The van der Waals surface area contributed by atoms with Crippen molar-refractivity contribution in [3.8, 4) is 0 Å². The van der Waals surface area contributed by atoms with Gasteiger partial charge in [-0.25, -0.2) is 9.97 Å². The molecule has 174 valence electrons. The molecule has 1 aromatic heterocycles. The Hall–Kier alpha value is -1.94. The molecule has 2 aromatic rings. The molecule has 0 radical (unpaired) electrons. The van der Waals surface area contributed by atoms with E-state index in [0.29, 0.717) is 23.7 Å². The number of hydrogen-bond acceptors (Lipinski definition) is 6. The molecule has 1 aromatic carbocycles. The average Bonchev–Trinajstić information content (AvgIpc) is 3.16. The first-order chi connectivity index (χ1) is 15.2. The number of halogens is 4. The van der Waals surface area contributed by atoms with Crippen LogP contribution < -0.4 is 4.90 Å². The van der Waals surface area contributed by atoms with Crippen LogP contribution in [0.1, 0.15) is 23.9 Å². The molecule has 2 aliphatic heterocycles. The van der Waals surface area contributed by atoms with Gasteiger partial charge >= 0.3 is 6.18 Å². The fourth-order valence-corrected chi connectivity index (χ4v) is 4.47. The van der Waals surface area contributed by atoms with E-state index in [4.69, 9.17) is 11.6 Å². The van der Waals surface area contributed by atoms with Crippen LogP contribution in [0, 0.1) is 0 Å². The normalized spacial score (nSPS) is 23.1. The molecule has 0 bridgehead atoms. The number of β-amino-alcohol motifs (C(OH)–C–C–N with tert-alkyl or cyclic N) is 1. The molecule has 2 atom stereocenters. The minimum absolute atomic E-state index is 0.0413. The summed E-state index contributed by atoms with van der Waals surface area (Å²) in [5, 5.41) is 11.4. The van der Waals surface area contributed by atoms with Crippen LogP contribution in [0.2, 0.25) is 5.02 Å². The number of hydrogen-bond donors (Lipinski definition) is 1. The van der Waals surface area contributed by atoms with E-state index in [2.05, 4.69) is 19.8 Å². The minimum Gasteiger partial charge on any atom is -0.390 e. The molecule has 1 N–H and O–H groups in total. The molecular formula is C22H27ClF3N5O. The number of benzene rings is 1. The van der Waals surface area contributed by atoms with Gasteiger partial charge in [0.25, 0.3) is 0 Å². The fourth-order valence-electron chi connectivity index (χ4n) is 4.34. The fraction of sp³-hybridized carbons (Fsp3) is 0.545. The van der Waals surface area contributed by atoms with Gasteiger partial charge in [-0.15, -0.1) is 0 Å². The lowest BCUT2D eigenvalue weighted by atomic mass is 10.1. The standard InChI is InChI=1S/C22H27ClF3N5O/c1-2-17-11-20(22(24,25)26)28-21(27-17)31-13-18(19(32)14-31)30-9-7-29(8-10-30)12-15-3-5-16(23)6-4-15/h3-6,11,18-19,32H,2,7-10,12-14H2,1H3. The van der Waals surface area contributed by atoms with Gasteiger partial charge in [-0.3, -0.25) is 9.80 Å². The number of aromatic nitrogens is 2. The third-order valence-electron chi connectivity index (χ3n) is 6.16. The van der Waals surface area contributed by atoms with Gasteiger partial charge in [-0.1, -0.05) is 30.7 Å². The number of nitrogens with zero attached hydrogens (tertiary/aromatic N) is 5. The monoisotopic (exact) mass is 469 g/mol. The Kier molecular flexibility index (Phi) is 6.90. The van der Waals surface area contributed by atoms with Crippen molar-refractivity contribution in [2.45, 2.75) is 38.2 Å². The quantitative estimate of drug-likeness (QED) is 0.726. The highest BCUT2D eigenvalue weighted by Crippen LogP contribution is 2.30.